The van der Waals surface area contributed by atoms with Crippen LogP contribution in [0.5, 0.6) is 0 Å². The fraction of sp³-hybridized carbons (Fsp3) is 0.312. The lowest BCUT2D eigenvalue weighted by Crippen LogP contribution is -2.13. The van der Waals surface area contributed by atoms with Crippen molar-refractivity contribution in [3.63, 3.8) is 0 Å². The van der Waals surface area contributed by atoms with Crippen molar-refractivity contribution < 1.29 is 9.53 Å². The van der Waals surface area contributed by atoms with E-state index in [0.29, 0.717) is 17.4 Å². The number of ether oxygens (including phenoxy) is 1. The third-order valence-corrected chi connectivity index (χ3v) is 4.78. The Morgan fingerprint density at radius 3 is 2.84 bits per heavy atom. The van der Waals surface area contributed by atoms with Crippen LogP contribution in [0.4, 0.5) is 0 Å². The molecule has 2 aromatic carbocycles. The predicted molar refractivity (Wildman–Crippen MR) is 79.7 cm³/mol. The summed E-state index contributed by atoms with van der Waals surface area (Å²) in [5, 5.41) is 2.71. The van der Waals surface area contributed by atoms with Crippen molar-refractivity contribution in [3.05, 3.63) is 48.0 Å². The number of rotatable bonds is 3. The standard InChI is InChI=1S/C16H16O2S/c17-16(18-11-15-6-3-9-19-15)14-8-7-12-4-1-2-5-13(12)10-14/h1-2,4-5,7-8,10,15H,3,6,9,11H2/t15-/m1/s1. The van der Waals surface area contributed by atoms with Gasteiger partial charge in [-0.25, -0.2) is 4.79 Å². The summed E-state index contributed by atoms with van der Waals surface area (Å²) in [6, 6.07) is 13.7. The fourth-order valence-corrected chi connectivity index (χ4v) is 3.51. The van der Waals surface area contributed by atoms with Gasteiger partial charge >= 0.3 is 5.97 Å². The van der Waals surface area contributed by atoms with Gasteiger partial charge in [-0.1, -0.05) is 30.3 Å². The van der Waals surface area contributed by atoms with Crippen LogP contribution < -0.4 is 0 Å². The zero-order chi connectivity index (χ0) is 13.1. The molecule has 0 amide bonds. The minimum absolute atomic E-state index is 0.210. The molecule has 98 valence electrons. The summed E-state index contributed by atoms with van der Waals surface area (Å²) in [5.74, 6) is 0.983. The summed E-state index contributed by atoms with van der Waals surface area (Å²) in [7, 11) is 0. The monoisotopic (exact) mass is 272 g/mol. The van der Waals surface area contributed by atoms with Gasteiger partial charge in [0.1, 0.15) is 6.61 Å². The molecule has 1 heterocycles. The molecular weight excluding hydrogens is 256 g/mol. The maximum absolute atomic E-state index is 12.0. The van der Waals surface area contributed by atoms with E-state index in [4.69, 9.17) is 4.74 Å². The molecule has 2 aromatic rings. The number of fused-ring (bicyclic) bond motifs is 1. The van der Waals surface area contributed by atoms with Crippen molar-refractivity contribution in [2.24, 2.45) is 0 Å². The highest BCUT2D eigenvalue weighted by atomic mass is 32.2. The van der Waals surface area contributed by atoms with Crippen molar-refractivity contribution in [3.8, 4) is 0 Å². The predicted octanol–water partition coefficient (Wildman–Crippen LogP) is 3.89. The molecule has 0 aliphatic carbocycles. The summed E-state index contributed by atoms with van der Waals surface area (Å²) in [6.45, 7) is 0.538. The normalized spacial score (nSPS) is 18.6. The van der Waals surface area contributed by atoms with Crippen molar-refractivity contribution in [1.82, 2.24) is 0 Å². The molecule has 0 saturated carbocycles. The number of esters is 1. The van der Waals surface area contributed by atoms with Gasteiger partial charge in [-0.2, -0.15) is 11.8 Å². The highest BCUT2D eigenvalue weighted by molar-refractivity contribution is 8.00. The third-order valence-electron chi connectivity index (χ3n) is 3.41. The topological polar surface area (TPSA) is 26.3 Å². The Kier molecular flexibility index (Phi) is 3.74. The van der Waals surface area contributed by atoms with E-state index in [1.165, 1.54) is 12.2 Å². The van der Waals surface area contributed by atoms with Crippen molar-refractivity contribution in [2.75, 3.05) is 12.4 Å². The number of hydrogen-bond donors (Lipinski definition) is 0. The summed E-state index contributed by atoms with van der Waals surface area (Å²) in [4.78, 5) is 12.0. The lowest BCUT2D eigenvalue weighted by Gasteiger charge is -2.10. The Bertz CT molecular complexity index is 588. The first-order valence-corrected chi connectivity index (χ1v) is 7.65. The lowest BCUT2D eigenvalue weighted by molar-refractivity contribution is 0.0506. The van der Waals surface area contributed by atoms with Crippen LogP contribution in [0.2, 0.25) is 0 Å². The molecule has 0 unspecified atom stereocenters. The number of thioether (sulfide) groups is 1. The molecule has 0 spiro atoms. The number of hydrogen-bond acceptors (Lipinski definition) is 3. The zero-order valence-electron chi connectivity index (χ0n) is 10.7. The van der Waals surface area contributed by atoms with Crippen LogP contribution in [-0.2, 0) is 4.74 Å². The number of carbonyl (C=O) groups excluding carboxylic acids is 1. The van der Waals surface area contributed by atoms with Crippen LogP contribution >= 0.6 is 11.8 Å². The average Bonchev–Trinajstić information content (AvgIpc) is 2.97. The van der Waals surface area contributed by atoms with E-state index in [1.54, 1.807) is 0 Å². The highest BCUT2D eigenvalue weighted by Crippen LogP contribution is 2.26. The molecule has 1 aliphatic rings. The van der Waals surface area contributed by atoms with Gasteiger partial charge in [-0.15, -0.1) is 0 Å². The van der Waals surface area contributed by atoms with Crippen LogP contribution in [0.1, 0.15) is 23.2 Å². The van der Waals surface area contributed by atoms with E-state index in [-0.39, 0.29) is 5.97 Å². The summed E-state index contributed by atoms with van der Waals surface area (Å²) in [5.41, 5.74) is 0.640. The largest absolute Gasteiger partial charge is 0.461 e. The first-order chi connectivity index (χ1) is 9.33. The van der Waals surface area contributed by atoms with Crippen LogP contribution in [0.25, 0.3) is 10.8 Å². The maximum Gasteiger partial charge on any atom is 0.338 e. The second kappa shape index (κ2) is 5.66. The molecule has 3 heteroatoms. The zero-order valence-corrected chi connectivity index (χ0v) is 11.5. The van der Waals surface area contributed by atoms with Gasteiger partial charge in [-0.3, -0.25) is 0 Å². The van der Waals surface area contributed by atoms with Gasteiger partial charge in [0.25, 0.3) is 0 Å². The molecule has 0 radical (unpaired) electrons. The first-order valence-electron chi connectivity index (χ1n) is 6.60. The van der Waals surface area contributed by atoms with Gasteiger partial charge in [0, 0.05) is 5.25 Å². The Labute approximate surface area is 117 Å². The van der Waals surface area contributed by atoms with Gasteiger partial charge in [0.05, 0.1) is 5.56 Å². The quantitative estimate of drug-likeness (QED) is 0.793. The second-order valence-electron chi connectivity index (χ2n) is 4.80. The molecule has 19 heavy (non-hydrogen) atoms. The van der Waals surface area contributed by atoms with Crippen LogP contribution in [0.15, 0.2) is 42.5 Å². The maximum atomic E-state index is 12.0. The molecule has 0 bridgehead atoms. The molecule has 1 saturated heterocycles. The fourth-order valence-electron chi connectivity index (χ4n) is 2.34. The van der Waals surface area contributed by atoms with Gasteiger partial charge in [-0.05, 0) is 41.5 Å². The molecule has 1 atom stereocenters. The van der Waals surface area contributed by atoms with Gasteiger partial charge in [0.2, 0.25) is 0 Å². The minimum Gasteiger partial charge on any atom is -0.461 e. The first kappa shape index (κ1) is 12.5. The van der Waals surface area contributed by atoms with Crippen molar-refractivity contribution in [2.45, 2.75) is 18.1 Å². The average molecular weight is 272 g/mol. The van der Waals surface area contributed by atoms with Gasteiger partial charge < -0.3 is 4.74 Å². The molecule has 0 aromatic heterocycles. The lowest BCUT2D eigenvalue weighted by atomic mass is 10.1. The molecule has 1 aliphatic heterocycles. The SMILES string of the molecule is O=C(OC[C@H]1CCCS1)c1ccc2ccccc2c1. The third kappa shape index (κ3) is 2.92. The Morgan fingerprint density at radius 1 is 1.21 bits per heavy atom. The van der Waals surface area contributed by atoms with E-state index in [0.717, 1.165) is 17.2 Å². The molecule has 2 nitrogen and oxygen atoms in total. The summed E-state index contributed by atoms with van der Waals surface area (Å²) < 4.78 is 5.40. The van der Waals surface area contributed by atoms with E-state index < -0.39 is 0 Å². The van der Waals surface area contributed by atoms with E-state index in [9.17, 15) is 4.79 Å². The molecular formula is C16H16O2S. The highest BCUT2D eigenvalue weighted by Gasteiger charge is 2.18. The second-order valence-corrected chi connectivity index (χ2v) is 6.20. The number of benzene rings is 2. The Balaban J connectivity index is 1.70. The minimum atomic E-state index is -0.210. The van der Waals surface area contributed by atoms with Crippen LogP contribution in [-0.4, -0.2) is 23.6 Å². The summed E-state index contributed by atoms with van der Waals surface area (Å²) >= 11 is 1.90. The molecule has 3 rings (SSSR count). The van der Waals surface area contributed by atoms with Crippen molar-refractivity contribution in [1.29, 1.82) is 0 Å². The molecule has 1 fully saturated rings. The van der Waals surface area contributed by atoms with E-state index in [1.807, 2.05) is 54.2 Å². The molecule has 0 N–H and O–H groups in total. The Hall–Kier alpha value is -1.48. The summed E-state index contributed by atoms with van der Waals surface area (Å²) in [6.07, 6.45) is 2.40. The van der Waals surface area contributed by atoms with Crippen LogP contribution in [0.3, 0.4) is 0 Å². The smallest absolute Gasteiger partial charge is 0.338 e. The van der Waals surface area contributed by atoms with E-state index in [2.05, 4.69) is 0 Å². The Morgan fingerprint density at radius 2 is 2.05 bits per heavy atom. The van der Waals surface area contributed by atoms with E-state index >= 15 is 0 Å². The van der Waals surface area contributed by atoms with Crippen LogP contribution in [0, 0.1) is 0 Å². The van der Waals surface area contributed by atoms with Crippen molar-refractivity contribution >= 4 is 28.5 Å². The number of carbonyl (C=O) groups is 1. The van der Waals surface area contributed by atoms with Gasteiger partial charge in [0.15, 0.2) is 0 Å².